The molecule has 0 aromatic carbocycles. The summed E-state index contributed by atoms with van der Waals surface area (Å²) in [6.45, 7) is 3.77. The summed E-state index contributed by atoms with van der Waals surface area (Å²) in [5.74, 6) is 0. The molecule has 0 saturated carbocycles. The summed E-state index contributed by atoms with van der Waals surface area (Å²) < 4.78 is 0. The first-order valence-electron chi connectivity index (χ1n) is 3.49. The number of hydrogen-bond donors (Lipinski definition) is 1. The molecule has 11 heavy (non-hydrogen) atoms. The molecule has 2 nitrogen and oxygen atoms in total. The molecular formula is C8H11ClN2. The Kier molecular flexibility index (Phi) is 2.47. The van der Waals surface area contributed by atoms with Crippen molar-refractivity contribution in [3.8, 4) is 0 Å². The molecule has 60 valence electrons. The minimum atomic E-state index is 0.000556. The molecule has 0 amide bonds. The number of hydrogen-bond acceptors (Lipinski definition) is 2. The monoisotopic (exact) mass is 170 g/mol. The van der Waals surface area contributed by atoms with Gasteiger partial charge in [-0.15, -0.1) is 0 Å². The third-order valence-corrected chi connectivity index (χ3v) is 1.95. The van der Waals surface area contributed by atoms with Crippen LogP contribution >= 0.6 is 11.6 Å². The average molecular weight is 171 g/mol. The molecule has 1 heterocycles. The molecule has 3 heteroatoms. The van der Waals surface area contributed by atoms with Crippen molar-refractivity contribution in [3.05, 3.63) is 28.5 Å². The van der Waals surface area contributed by atoms with Crippen molar-refractivity contribution < 1.29 is 0 Å². The largest absolute Gasteiger partial charge is 0.324 e. The fraction of sp³-hybridized carbons (Fsp3) is 0.375. The Morgan fingerprint density at radius 1 is 1.64 bits per heavy atom. The predicted molar refractivity (Wildman–Crippen MR) is 46.6 cm³/mol. The lowest BCUT2D eigenvalue weighted by Gasteiger charge is -2.05. The van der Waals surface area contributed by atoms with Crippen LogP contribution in [0.15, 0.2) is 12.3 Å². The molecule has 1 unspecified atom stereocenters. The van der Waals surface area contributed by atoms with Crippen LogP contribution in [0.25, 0.3) is 0 Å². The van der Waals surface area contributed by atoms with Gasteiger partial charge in [-0.1, -0.05) is 11.6 Å². The number of aryl methyl sites for hydroxylation is 1. The molecule has 0 aliphatic heterocycles. The first-order chi connectivity index (χ1) is 5.11. The third kappa shape index (κ3) is 1.91. The molecule has 1 aromatic heterocycles. The van der Waals surface area contributed by atoms with Gasteiger partial charge in [0.2, 0.25) is 0 Å². The third-order valence-electron chi connectivity index (χ3n) is 1.57. The van der Waals surface area contributed by atoms with E-state index in [9.17, 15) is 0 Å². The van der Waals surface area contributed by atoms with Crippen LogP contribution in [0.3, 0.4) is 0 Å². The first kappa shape index (κ1) is 8.50. The summed E-state index contributed by atoms with van der Waals surface area (Å²) in [4.78, 5) is 4.09. The van der Waals surface area contributed by atoms with Gasteiger partial charge in [0.1, 0.15) is 0 Å². The van der Waals surface area contributed by atoms with Gasteiger partial charge >= 0.3 is 0 Å². The van der Waals surface area contributed by atoms with Crippen molar-refractivity contribution >= 4 is 11.6 Å². The van der Waals surface area contributed by atoms with E-state index in [4.69, 9.17) is 17.3 Å². The van der Waals surface area contributed by atoms with Crippen molar-refractivity contribution in [1.82, 2.24) is 4.98 Å². The van der Waals surface area contributed by atoms with Gasteiger partial charge < -0.3 is 5.73 Å². The van der Waals surface area contributed by atoms with Gasteiger partial charge in [0.05, 0.1) is 10.7 Å². The first-order valence-corrected chi connectivity index (χ1v) is 3.86. The van der Waals surface area contributed by atoms with Gasteiger partial charge in [0.15, 0.2) is 0 Å². The van der Waals surface area contributed by atoms with Gasteiger partial charge in [-0.2, -0.15) is 0 Å². The van der Waals surface area contributed by atoms with Crippen LogP contribution in [-0.4, -0.2) is 4.98 Å². The minimum absolute atomic E-state index is 0.000556. The Bertz CT molecular complexity index is 258. The van der Waals surface area contributed by atoms with E-state index in [1.807, 2.05) is 19.9 Å². The van der Waals surface area contributed by atoms with E-state index >= 15 is 0 Å². The standard InChI is InChI=1S/C8H11ClN2/c1-5(10)7-3-8(9)6(2)11-4-7/h3-5H,10H2,1-2H3. The maximum atomic E-state index is 5.84. The zero-order valence-corrected chi connectivity index (χ0v) is 7.39. The number of halogens is 1. The second-order valence-electron chi connectivity index (χ2n) is 2.62. The van der Waals surface area contributed by atoms with Crippen molar-refractivity contribution in [2.45, 2.75) is 19.9 Å². The summed E-state index contributed by atoms with van der Waals surface area (Å²) in [7, 11) is 0. The van der Waals surface area contributed by atoms with Crippen LogP contribution in [0.4, 0.5) is 0 Å². The number of nitrogens with zero attached hydrogens (tertiary/aromatic N) is 1. The quantitative estimate of drug-likeness (QED) is 0.701. The van der Waals surface area contributed by atoms with E-state index < -0.39 is 0 Å². The van der Waals surface area contributed by atoms with Crippen LogP contribution in [0.2, 0.25) is 5.02 Å². The Morgan fingerprint density at radius 2 is 2.27 bits per heavy atom. The van der Waals surface area contributed by atoms with E-state index in [2.05, 4.69) is 4.98 Å². The van der Waals surface area contributed by atoms with Gasteiger partial charge in [0.25, 0.3) is 0 Å². The molecule has 1 aromatic rings. The lowest BCUT2D eigenvalue weighted by molar-refractivity contribution is 0.810. The van der Waals surface area contributed by atoms with Crippen molar-refractivity contribution in [1.29, 1.82) is 0 Å². The number of aromatic nitrogens is 1. The maximum Gasteiger partial charge on any atom is 0.0621 e. The maximum absolute atomic E-state index is 5.84. The van der Waals surface area contributed by atoms with Crippen molar-refractivity contribution in [3.63, 3.8) is 0 Å². The summed E-state index contributed by atoms with van der Waals surface area (Å²) in [6.07, 6.45) is 1.76. The zero-order valence-electron chi connectivity index (χ0n) is 6.63. The second-order valence-corrected chi connectivity index (χ2v) is 3.03. The normalized spacial score (nSPS) is 13.1. The topological polar surface area (TPSA) is 38.9 Å². The van der Waals surface area contributed by atoms with Crippen LogP contribution in [0, 0.1) is 6.92 Å². The van der Waals surface area contributed by atoms with Crippen molar-refractivity contribution in [2.75, 3.05) is 0 Å². The SMILES string of the molecule is Cc1ncc(C(C)N)cc1Cl. The highest BCUT2D eigenvalue weighted by atomic mass is 35.5. The summed E-state index contributed by atoms with van der Waals surface area (Å²) in [5, 5.41) is 0.680. The molecule has 0 aliphatic rings. The lowest BCUT2D eigenvalue weighted by Crippen LogP contribution is -2.05. The smallest absolute Gasteiger partial charge is 0.0621 e. The zero-order chi connectivity index (χ0) is 8.43. The molecule has 0 aliphatic carbocycles. The van der Waals surface area contributed by atoms with Gasteiger partial charge in [-0.3, -0.25) is 4.98 Å². The Labute approximate surface area is 71.4 Å². The molecule has 0 spiro atoms. The van der Waals surface area contributed by atoms with E-state index in [0.29, 0.717) is 5.02 Å². The number of rotatable bonds is 1. The molecule has 1 rings (SSSR count). The molecule has 2 N–H and O–H groups in total. The van der Waals surface area contributed by atoms with E-state index in [1.54, 1.807) is 6.20 Å². The highest BCUT2D eigenvalue weighted by Gasteiger charge is 2.02. The lowest BCUT2D eigenvalue weighted by atomic mass is 10.1. The van der Waals surface area contributed by atoms with Crippen LogP contribution in [-0.2, 0) is 0 Å². The minimum Gasteiger partial charge on any atom is -0.324 e. The Balaban J connectivity index is 3.05. The summed E-state index contributed by atoms with van der Waals surface area (Å²) in [6, 6.07) is 1.86. The Morgan fingerprint density at radius 3 is 2.73 bits per heavy atom. The van der Waals surface area contributed by atoms with Crippen LogP contribution in [0.5, 0.6) is 0 Å². The molecular weight excluding hydrogens is 160 g/mol. The molecule has 0 radical (unpaired) electrons. The number of pyridine rings is 1. The molecule has 0 fully saturated rings. The summed E-state index contributed by atoms with van der Waals surface area (Å²) >= 11 is 5.84. The summed E-state index contributed by atoms with van der Waals surface area (Å²) in [5.41, 5.74) is 7.45. The van der Waals surface area contributed by atoms with Gasteiger partial charge in [0, 0.05) is 12.2 Å². The molecule has 0 saturated heterocycles. The van der Waals surface area contributed by atoms with Crippen LogP contribution < -0.4 is 5.73 Å². The average Bonchev–Trinajstić information content (AvgIpc) is 1.94. The highest BCUT2D eigenvalue weighted by Crippen LogP contribution is 2.17. The molecule has 1 atom stereocenters. The van der Waals surface area contributed by atoms with Gasteiger partial charge in [-0.05, 0) is 25.5 Å². The van der Waals surface area contributed by atoms with E-state index in [0.717, 1.165) is 11.3 Å². The van der Waals surface area contributed by atoms with E-state index in [1.165, 1.54) is 0 Å². The highest BCUT2D eigenvalue weighted by molar-refractivity contribution is 6.31. The fourth-order valence-corrected chi connectivity index (χ4v) is 0.945. The predicted octanol–water partition coefficient (Wildman–Crippen LogP) is 2.06. The second kappa shape index (κ2) is 3.20. The Hall–Kier alpha value is -0.600. The van der Waals surface area contributed by atoms with Crippen molar-refractivity contribution in [2.24, 2.45) is 5.73 Å². The van der Waals surface area contributed by atoms with Crippen LogP contribution in [0.1, 0.15) is 24.2 Å². The molecule has 0 bridgehead atoms. The van der Waals surface area contributed by atoms with E-state index in [-0.39, 0.29) is 6.04 Å². The fourth-order valence-electron chi connectivity index (χ4n) is 0.770. The van der Waals surface area contributed by atoms with Gasteiger partial charge in [-0.25, -0.2) is 0 Å². The number of nitrogens with two attached hydrogens (primary N) is 1.